The van der Waals surface area contributed by atoms with Crippen molar-refractivity contribution in [2.75, 3.05) is 6.54 Å². The van der Waals surface area contributed by atoms with E-state index in [1.165, 1.54) is 0 Å². The number of carboxylic acid groups (broad SMARTS) is 1. The second-order valence-corrected chi connectivity index (χ2v) is 16.7. The molecule has 5 aliphatic carbocycles. The van der Waals surface area contributed by atoms with E-state index in [1.807, 2.05) is 0 Å². The van der Waals surface area contributed by atoms with Crippen LogP contribution in [0.1, 0.15) is 124 Å². The minimum atomic E-state index is -0.840. The number of carbonyl (C=O) groups is 3. The number of nitrogens with one attached hydrogen (secondary N) is 2. The van der Waals surface area contributed by atoms with Gasteiger partial charge in [-0.25, -0.2) is 0 Å². The van der Waals surface area contributed by atoms with Gasteiger partial charge in [-0.3, -0.25) is 14.4 Å². The normalized spacial score (nSPS) is 41.9. The Balaban J connectivity index is 1.15. The minimum Gasteiger partial charge on any atom is -0.481 e. The first kappa shape index (κ1) is 34.6. The Morgan fingerprint density at radius 3 is 2.29 bits per heavy atom. The third-order valence-corrected chi connectivity index (χ3v) is 14.2. The van der Waals surface area contributed by atoms with Gasteiger partial charge in [0.15, 0.2) is 0 Å². The summed E-state index contributed by atoms with van der Waals surface area (Å²) in [6.07, 6.45) is 10.4. The zero-order chi connectivity index (χ0) is 32.7. The third kappa shape index (κ3) is 6.69. The average Bonchev–Trinajstić information content (AvgIpc) is 3.34. The van der Waals surface area contributed by atoms with Crippen LogP contribution in [0.2, 0.25) is 0 Å². The molecule has 5 fully saturated rings. The van der Waals surface area contributed by atoms with E-state index in [0.717, 1.165) is 70.6 Å². The predicted octanol–water partition coefficient (Wildman–Crippen LogP) is 4.41. The number of rotatable bonds is 10. The first-order valence-electron chi connectivity index (χ1n) is 18.0. The van der Waals surface area contributed by atoms with Crippen molar-refractivity contribution in [3.63, 3.8) is 0 Å². The Morgan fingerprint density at radius 1 is 0.889 bits per heavy atom. The van der Waals surface area contributed by atoms with Crippen molar-refractivity contribution < 1.29 is 34.8 Å². The van der Waals surface area contributed by atoms with Gasteiger partial charge < -0.3 is 31.1 Å². The molecule has 12 atom stereocenters. The van der Waals surface area contributed by atoms with Crippen LogP contribution in [0.5, 0.6) is 0 Å². The van der Waals surface area contributed by atoms with Gasteiger partial charge in [-0.2, -0.15) is 0 Å². The van der Waals surface area contributed by atoms with Gasteiger partial charge in [-0.05, 0) is 123 Å². The molecule has 2 amide bonds. The highest BCUT2D eigenvalue weighted by molar-refractivity contribution is 5.87. The van der Waals surface area contributed by atoms with Crippen LogP contribution in [0.4, 0.5) is 0 Å². The largest absolute Gasteiger partial charge is 0.481 e. The fourth-order valence-corrected chi connectivity index (χ4v) is 11.5. The zero-order valence-electron chi connectivity index (χ0n) is 28.1. The number of aliphatic hydroxyl groups excluding tert-OH is 3. The summed E-state index contributed by atoms with van der Waals surface area (Å²) in [5, 5.41) is 48.9. The van der Waals surface area contributed by atoms with Crippen molar-refractivity contribution in [2.45, 2.75) is 148 Å². The molecule has 0 spiro atoms. The average molecular weight is 633 g/mol. The second kappa shape index (κ2) is 13.4. The Bertz CT molecular complexity index is 1090. The molecule has 0 radical (unpaired) electrons. The standard InChI is InChI=1S/C36H60N2O7/c1-21(8-11-30(42)38-22(2)33(45)37-20-36(19-31(43)44)13-6-5-7-14-36)25-9-10-26-32-27(18-29(41)35(25,26)4)34(3)15-12-24(39)16-23(34)17-28(32)40/h21-29,32,39-41H,5-20H2,1-4H3,(H,37,45)(H,38,42)(H,43,44)/t21-,22?,23?,24-,25?,26?,27?,28-,29+,32?,34?,35?/m1/s1. The van der Waals surface area contributed by atoms with Crippen molar-refractivity contribution in [1.82, 2.24) is 10.6 Å². The van der Waals surface area contributed by atoms with Gasteiger partial charge in [-0.1, -0.05) is 40.0 Å². The predicted molar refractivity (Wildman–Crippen MR) is 171 cm³/mol. The van der Waals surface area contributed by atoms with Crippen molar-refractivity contribution in [3.05, 3.63) is 0 Å². The van der Waals surface area contributed by atoms with E-state index in [2.05, 4.69) is 31.4 Å². The summed E-state index contributed by atoms with van der Waals surface area (Å²) in [5.74, 6) is 0.119. The van der Waals surface area contributed by atoms with Crippen molar-refractivity contribution in [2.24, 2.45) is 51.8 Å². The van der Waals surface area contributed by atoms with Crippen LogP contribution in [-0.2, 0) is 14.4 Å². The summed E-state index contributed by atoms with van der Waals surface area (Å²) in [6, 6.07) is -0.706. The quantitative estimate of drug-likeness (QED) is 0.208. The van der Waals surface area contributed by atoms with Crippen LogP contribution in [0.3, 0.4) is 0 Å². The molecule has 5 rings (SSSR count). The van der Waals surface area contributed by atoms with Crippen LogP contribution in [0.25, 0.3) is 0 Å². The number of hydrogen-bond acceptors (Lipinski definition) is 6. The lowest BCUT2D eigenvalue weighted by molar-refractivity contribution is -0.207. The lowest BCUT2D eigenvalue weighted by atomic mass is 9.43. The summed E-state index contributed by atoms with van der Waals surface area (Å²) >= 11 is 0. The highest BCUT2D eigenvalue weighted by Crippen LogP contribution is 2.68. The summed E-state index contributed by atoms with van der Waals surface area (Å²) < 4.78 is 0. The molecule has 5 saturated carbocycles. The van der Waals surface area contributed by atoms with Gasteiger partial charge >= 0.3 is 5.97 Å². The maximum absolute atomic E-state index is 13.0. The second-order valence-electron chi connectivity index (χ2n) is 16.7. The molecule has 9 heteroatoms. The molecule has 0 heterocycles. The summed E-state index contributed by atoms with van der Waals surface area (Å²) in [7, 11) is 0. The van der Waals surface area contributed by atoms with Crippen molar-refractivity contribution >= 4 is 17.8 Å². The molecule has 6 N–H and O–H groups in total. The maximum atomic E-state index is 13.0. The molecule has 8 unspecified atom stereocenters. The number of aliphatic carboxylic acids is 1. The Kier molecular flexibility index (Phi) is 10.3. The summed E-state index contributed by atoms with van der Waals surface area (Å²) in [5.41, 5.74) is -0.680. The molecule has 9 nitrogen and oxygen atoms in total. The monoisotopic (exact) mass is 632 g/mol. The number of carbonyl (C=O) groups excluding carboxylic acids is 2. The Morgan fingerprint density at radius 2 is 1.60 bits per heavy atom. The lowest BCUT2D eigenvalue weighted by Gasteiger charge is -2.63. The SMILES string of the molecule is CC(NC(=O)CC[C@@H](C)C1CCC2C3C(C[C@H](O)C21C)C1(C)CC[C@@H](O)CC1C[C@H]3O)C(=O)NCC1(CC(=O)O)CCCCC1. The van der Waals surface area contributed by atoms with E-state index < -0.39 is 29.6 Å². The van der Waals surface area contributed by atoms with E-state index in [9.17, 15) is 34.8 Å². The molecule has 0 aromatic carbocycles. The highest BCUT2D eigenvalue weighted by Gasteiger charge is 2.65. The van der Waals surface area contributed by atoms with Crippen molar-refractivity contribution in [1.29, 1.82) is 0 Å². The number of aliphatic hydroxyl groups is 3. The fraction of sp³-hybridized carbons (Fsp3) is 0.917. The van der Waals surface area contributed by atoms with Gasteiger partial charge in [-0.15, -0.1) is 0 Å². The molecule has 0 aliphatic heterocycles. The van der Waals surface area contributed by atoms with Gasteiger partial charge in [0, 0.05) is 13.0 Å². The topological polar surface area (TPSA) is 156 Å². The van der Waals surface area contributed by atoms with E-state index in [0.29, 0.717) is 31.7 Å². The first-order chi connectivity index (χ1) is 21.2. The van der Waals surface area contributed by atoms with E-state index in [1.54, 1.807) is 6.92 Å². The fourth-order valence-electron chi connectivity index (χ4n) is 11.5. The van der Waals surface area contributed by atoms with Gasteiger partial charge in [0.2, 0.25) is 11.8 Å². The molecule has 45 heavy (non-hydrogen) atoms. The summed E-state index contributed by atoms with van der Waals surface area (Å²) in [6.45, 7) is 8.75. The molecule has 256 valence electrons. The first-order valence-corrected chi connectivity index (χ1v) is 18.0. The van der Waals surface area contributed by atoms with E-state index in [4.69, 9.17) is 0 Å². The molecular formula is C36H60N2O7. The van der Waals surface area contributed by atoms with E-state index >= 15 is 0 Å². The van der Waals surface area contributed by atoms with Crippen LogP contribution in [0.15, 0.2) is 0 Å². The number of carboxylic acids is 1. The number of hydrogen-bond donors (Lipinski definition) is 6. The highest BCUT2D eigenvalue weighted by atomic mass is 16.4. The number of fused-ring (bicyclic) bond motifs is 5. The molecule has 0 aromatic heterocycles. The van der Waals surface area contributed by atoms with Crippen LogP contribution in [-0.4, -0.2) is 69.1 Å². The minimum absolute atomic E-state index is 0.0451. The van der Waals surface area contributed by atoms with Crippen LogP contribution < -0.4 is 10.6 Å². The molecule has 0 bridgehead atoms. The molecule has 0 saturated heterocycles. The Labute approximate surface area is 269 Å². The van der Waals surface area contributed by atoms with E-state index in [-0.39, 0.29) is 64.8 Å². The number of amides is 2. The molecule has 0 aromatic rings. The molecule has 5 aliphatic rings. The van der Waals surface area contributed by atoms with Crippen molar-refractivity contribution in [3.8, 4) is 0 Å². The lowest BCUT2D eigenvalue weighted by Crippen LogP contribution is -2.62. The van der Waals surface area contributed by atoms with Gasteiger partial charge in [0.05, 0.1) is 24.7 Å². The Hall–Kier alpha value is -1.71. The summed E-state index contributed by atoms with van der Waals surface area (Å²) in [4.78, 5) is 37.3. The smallest absolute Gasteiger partial charge is 0.303 e. The van der Waals surface area contributed by atoms with Crippen LogP contribution in [0, 0.1) is 51.8 Å². The van der Waals surface area contributed by atoms with Crippen LogP contribution >= 0.6 is 0 Å². The van der Waals surface area contributed by atoms with Gasteiger partial charge in [0.1, 0.15) is 6.04 Å². The third-order valence-electron chi connectivity index (χ3n) is 14.2. The maximum Gasteiger partial charge on any atom is 0.303 e. The molecular weight excluding hydrogens is 572 g/mol. The zero-order valence-corrected chi connectivity index (χ0v) is 28.1. The van der Waals surface area contributed by atoms with Gasteiger partial charge in [0.25, 0.3) is 0 Å².